The summed E-state index contributed by atoms with van der Waals surface area (Å²) in [5, 5.41) is 9.81. The fourth-order valence-corrected chi connectivity index (χ4v) is 3.12. The molecule has 0 saturated heterocycles. The van der Waals surface area contributed by atoms with E-state index in [1.165, 1.54) is 0 Å². The summed E-state index contributed by atoms with van der Waals surface area (Å²) in [5.41, 5.74) is 1.91. The van der Waals surface area contributed by atoms with E-state index in [2.05, 4.69) is 20.2 Å². The van der Waals surface area contributed by atoms with E-state index < -0.39 is 10.0 Å². The van der Waals surface area contributed by atoms with Crippen LogP contribution >= 0.6 is 0 Å². The van der Waals surface area contributed by atoms with Crippen LogP contribution in [0.2, 0.25) is 0 Å². The average Bonchev–Trinajstić information content (AvgIpc) is 3.08. The Morgan fingerprint density at radius 2 is 2.00 bits per heavy atom. The second kappa shape index (κ2) is 5.26. The Hall–Kier alpha value is -1.86. The predicted molar refractivity (Wildman–Crippen MR) is 75.7 cm³/mol. The molecular weight excluding hydrogens is 276 g/mol. The number of anilines is 1. The maximum Gasteiger partial charge on any atom is 0.240 e. The predicted octanol–water partition coefficient (Wildman–Crippen LogP) is 1.46. The van der Waals surface area contributed by atoms with Crippen LogP contribution in [-0.2, 0) is 16.6 Å². The van der Waals surface area contributed by atoms with Gasteiger partial charge in [0.05, 0.1) is 11.1 Å². The largest absolute Gasteiger partial charge is 0.381 e. The van der Waals surface area contributed by atoms with Gasteiger partial charge in [0.15, 0.2) is 0 Å². The van der Waals surface area contributed by atoms with Crippen LogP contribution in [0, 0.1) is 0 Å². The highest BCUT2D eigenvalue weighted by molar-refractivity contribution is 7.89. The topological polar surface area (TPSA) is 86.9 Å². The molecule has 0 spiro atoms. The third-order valence-corrected chi connectivity index (χ3v) is 4.65. The van der Waals surface area contributed by atoms with Crippen LogP contribution < -0.4 is 10.0 Å². The summed E-state index contributed by atoms with van der Waals surface area (Å²) in [7, 11) is -3.36. The maximum absolute atomic E-state index is 12.0. The molecule has 1 saturated carbocycles. The lowest BCUT2D eigenvalue weighted by atomic mass is 10.3. The van der Waals surface area contributed by atoms with E-state index in [-0.39, 0.29) is 6.04 Å². The molecule has 0 amide bonds. The lowest BCUT2D eigenvalue weighted by Gasteiger charge is -2.08. The number of hydrogen-bond donors (Lipinski definition) is 3. The number of hydrogen-bond acceptors (Lipinski definition) is 4. The number of aromatic amines is 1. The molecule has 1 fully saturated rings. The van der Waals surface area contributed by atoms with Crippen LogP contribution in [0.5, 0.6) is 0 Å². The minimum atomic E-state index is -3.36. The van der Waals surface area contributed by atoms with Gasteiger partial charge in [-0.2, -0.15) is 5.10 Å². The zero-order valence-corrected chi connectivity index (χ0v) is 11.7. The van der Waals surface area contributed by atoms with Gasteiger partial charge >= 0.3 is 0 Å². The van der Waals surface area contributed by atoms with E-state index in [9.17, 15) is 8.42 Å². The molecule has 7 heteroatoms. The zero-order valence-electron chi connectivity index (χ0n) is 10.8. The molecule has 1 heterocycles. The highest BCUT2D eigenvalue weighted by Crippen LogP contribution is 2.22. The number of sulfonamides is 1. The molecule has 0 radical (unpaired) electrons. The third-order valence-electron chi connectivity index (χ3n) is 3.12. The molecule has 2 aromatic rings. The second-order valence-electron chi connectivity index (χ2n) is 4.88. The van der Waals surface area contributed by atoms with E-state index in [0.29, 0.717) is 11.4 Å². The third kappa shape index (κ3) is 3.17. The zero-order chi connectivity index (χ0) is 14.0. The summed E-state index contributed by atoms with van der Waals surface area (Å²) in [6.07, 6.45) is 5.42. The normalized spacial score (nSPS) is 15.2. The first kappa shape index (κ1) is 13.1. The first-order chi connectivity index (χ1) is 9.63. The van der Waals surface area contributed by atoms with Crippen molar-refractivity contribution in [2.24, 2.45) is 0 Å². The van der Waals surface area contributed by atoms with E-state index in [1.54, 1.807) is 30.5 Å². The summed E-state index contributed by atoms with van der Waals surface area (Å²) in [5.74, 6) is 0. The van der Waals surface area contributed by atoms with Gasteiger partial charge in [-0.1, -0.05) is 0 Å². The summed E-state index contributed by atoms with van der Waals surface area (Å²) >= 11 is 0. The second-order valence-corrected chi connectivity index (χ2v) is 6.59. The van der Waals surface area contributed by atoms with Crippen molar-refractivity contribution in [3.8, 4) is 0 Å². The molecule has 1 aliphatic rings. The van der Waals surface area contributed by atoms with Crippen molar-refractivity contribution >= 4 is 15.7 Å². The summed E-state index contributed by atoms with van der Waals surface area (Å²) in [6, 6.07) is 6.88. The molecular formula is C13H16N4O2S. The van der Waals surface area contributed by atoms with Crippen molar-refractivity contribution in [1.82, 2.24) is 14.9 Å². The summed E-state index contributed by atoms with van der Waals surface area (Å²) in [4.78, 5) is 0.304. The van der Waals surface area contributed by atoms with Gasteiger partial charge in [0.1, 0.15) is 0 Å². The Kier molecular flexibility index (Phi) is 3.45. The van der Waals surface area contributed by atoms with Crippen molar-refractivity contribution < 1.29 is 8.42 Å². The van der Waals surface area contributed by atoms with Gasteiger partial charge in [0.2, 0.25) is 10.0 Å². The molecule has 1 aromatic carbocycles. The molecule has 6 nitrogen and oxygen atoms in total. The standard InChI is InChI=1S/C13H16N4O2S/c18-20(19,17-12-1-2-12)13-5-3-11(4-6-13)14-7-10-8-15-16-9-10/h3-6,8-9,12,14,17H,1-2,7H2,(H,15,16). The Morgan fingerprint density at radius 1 is 1.25 bits per heavy atom. The molecule has 1 aromatic heterocycles. The number of nitrogens with zero attached hydrogens (tertiary/aromatic N) is 1. The number of aromatic nitrogens is 2. The van der Waals surface area contributed by atoms with Crippen molar-refractivity contribution in [3.63, 3.8) is 0 Å². The smallest absolute Gasteiger partial charge is 0.240 e. The van der Waals surface area contributed by atoms with E-state index in [1.807, 2.05) is 6.20 Å². The Bertz CT molecular complexity index is 661. The highest BCUT2D eigenvalue weighted by atomic mass is 32.2. The Labute approximate surface area is 117 Å². The number of H-pyrrole nitrogens is 1. The van der Waals surface area contributed by atoms with Crippen LogP contribution in [0.3, 0.4) is 0 Å². The van der Waals surface area contributed by atoms with Crippen molar-refractivity contribution in [3.05, 3.63) is 42.2 Å². The van der Waals surface area contributed by atoms with Crippen LogP contribution in [0.15, 0.2) is 41.6 Å². The highest BCUT2D eigenvalue weighted by Gasteiger charge is 2.27. The molecule has 1 aliphatic carbocycles. The Morgan fingerprint density at radius 3 is 2.60 bits per heavy atom. The molecule has 0 bridgehead atoms. The van der Waals surface area contributed by atoms with Crippen molar-refractivity contribution in [2.45, 2.75) is 30.3 Å². The molecule has 0 aliphatic heterocycles. The first-order valence-electron chi connectivity index (χ1n) is 6.47. The number of rotatable bonds is 6. The van der Waals surface area contributed by atoms with Gasteiger partial charge in [-0.3, -0.25) is 5.10 Å². The van der Waals surface area contributed by atoms with E-state index >= 15 is 0 Å². The monoisotopic (exact) mass is 292 g/mol. The van der Waals surface area contributed by atoms with Gasteiger partial charge in [0.25, 0.3) is 0 Å². The minimum Gasteiger partial charge on any atom is -0.381 e. The van der Waals surface area contributed by atoms with Gasteiger partial charge in [-0.25, -0.2) is 13.1 Å². The van der Waals surface area contributed by atoms with Gasteiger partial charge in [-0.15, -0.1) is 0 Å². The van der Waals surface area contributed by atoms with Crippen LogP contribution in [0.4, 0.5) is 5.69 Å². The van der Waals surface area contributed by atoms with Crippen LogP contribution in [-0.4, -0.2) is 24.7 Å². The SMILES string of the molecule is O=S(=O)(NC1CC1)c1ccc(NCc2cn[nH]c2)cc1. The van der Waals surface area contributed by atoms with Crippen LogP contribution in [0.25, 0.3) is 0 Å². The lowest BCUT2D eigenvalue weighted by molar-refractivity contribution is 0.581. The molecule has 20 heavy (non-hydrogen) atoms. The molecule has 106 valence electrons. The summed E-state index contributed by atoms with van der Waals surface area (Å²) < 4.78 is 26.6. The van der Waals surface area contributed by atoms with Crippen LogP contribution in [0.1, 0.15) is 18.4 Å². The maximum atomic E-state index is 12.0. The molecule has 0 unspecified atom stereocenters. The average molecular weight is 292 g/mol. The fourth-order valence-electron chi connectivity index (χ4n) is 1.82. The number of benzene rings is 1. The van der Waals surface area contributed by atoms with Crippen molar-refractivity contribution in [2.75, 3.05) is 5.32 Å². The fraction of sp³-hybridized carbons (Fsp3) is 0.308. The summed E-state index contributed by atoms with van der Waals surface area (Å²) in [6.45, 7) is 0.642. The van der Waals surface area contributed by atoms with E-state index in [0.717, 1.165) is 24.1 Å². The molecule has 0 atom stereocenters. The lowest BCUT2D eigenvalue weighted by Crippen LogP contribution is -2.25. The Balaban J connectivity index is 1.64. The van der Waals surface area contributed by atoms with E-state index in [4.69, 9.17) is 0 Å². The minimum absolute atomic E-state index is 0.124. The quantitative estimate of drug-likeness (QED) is 0.752. The first-order valence-corrected chi connectivity index (χ1v) is 7.96. The molecule has 3 N–H and O–H groups in total. The van der Waals surface area contributed by atoms with Gasteiger partial charge < -0.3 is 5.32 Å². The van der Waals surface area contributed by atoms with Gasteiger partial charge in [-0.05, 0) is 37.1 Å². The van der Waals surface area contributed by atoms with Gasteiger partial charge in [0, 0.05) is 30.0 Å². The van der Waals surface area contributed by atoms with Crippen molar-refractivity contribution in [1.29, 1.82) is 0 Å². The number of nitrogens with one attached hydrogen (secondary N) is 3. The molecule has 3 rings (SSSR count).